The zero-order chi connectivity index (χ0) is 17.1. The smallest absolute Gasteiger partial charge is 0.253 e. The fraction of sp³-hybridized carbons (Fsp3) is 0.438. The maximum absolute atomic E-state index is 12.6. The van der Waals surface area contributed by atoms with Crippen LogP contribution < -0.4 is 5.32 Å². The first kappa shape index (κ1) is 16.8. The molecule has 2 aromatic rings. The molecule has 1 aromatic carbocycles. The number of nitrogens with one attached hydrogen (secondary N) is 1. The number of benzene rings is 1. The summed E-state index contributed by atoms with van der Waals surface area (Å²) in [5.41, 5.74) is 1.42. The summed E-state index contributed by atoms with van der Waals surface area (Å²) in [6.07, 6.45) is 0. The van der Waals surface area contributed by atoms with Crippen LogP contribution in [0.1, 0.15) is 10.4 Å². The van der Waals surface area contributed by atoms with Gasteiger partial charge in [-0.05, 0) is 25.2 Å². The highest BCUT2D eigenvalue weighted by atomic mass is 32.1. The standard InChI is InChI=1S/C16H20N4O3S/c1-19-5-7-20(8-6-19)15(22)11-3-4-12-13(9-11)24-16(17-12)18-14(21)10-23-2/h3-4,9H,5-8,10H2,1-2H3,(H,17,18,21). The third-order valence-corrected chi connectivity index (χ3v) is 4.88. The Morgan fingerprint density at radius 3 is 2.75 bits per heavy atom. The van der Waals surface area contributed by atoms with Crippen molar-refractivity contribution in [2.75, 3.05) is 52.3 Å². The van der Waals surface area contributed by atoms with Gasteiger partial charge in [-0.1, -0.05) is 11.3 Å². The van der Waals surface area contributed by atoms with E-state index in [0.29, 0.717) is 10.7 Å². The van der Waals surface area contributed by atoms with E-state index in [1.54, 1.807) is 6.07 Å². The molecule has 1 aromatic heterocycles. The molecule has 0 spiro atoms. The molecule has 1 N–H and O–H groups in total. The van der Waals surface area contributed by atoms with Crippen LogP contribution in [0, 0.1) is 0 Å². The van der Waals surface area contributed by atoms with E-state index in [2.05, 4.69) is 22.2 Å². The topological polar surface area (TPSA) is 74.8 Å². The number of ether oxygens (including phenoxy) is 1. The molecule has 128 valence electrons. The van der Waals surface area contributed by atoms with E-state index >= 15 is 0 Å². The van der Waals surface area contributed by atoms with Gasteiger partial charge in [0.1, 0.15) is 6.61 Å². The molecular weight excluding hydrogens is 328 g/mol. The van der Waals surface area contributed by atoms with E-state index in [9.17, 15) is 9.59 Å². The molecule has 2 heterocycles. The molecule has 2 amide bonds. The van der Waals surface area contributed by atoms with Crippen molar-refractivity contribution in [2.24, 2.45) is 0 Å². The van der Waals surface area contributed by atoms with Gasteiger partial charge in [0.05, 0.1) is 10.2 Å². The van der Waals surface area contributed by atoms with Crippen molar-refractivity contribution in [3.8, 4) is 0 Å². The van der Waals surface area contributed by atoms with Crippen molar-refractivity contribution in [2.45, 2.75) is 0 Å². The van der Waals surface area contributed by atoms with Gasteiger partial charge < -0.3 is 14.5 Å². The maximum atomic E-state index is 12.6. The van der Waals surface area contributed by atoms with Gasteiger partial charge in [0.25, 0.3) is 11.8 Å². The number of hydrogen-bond acceptors (Lipinski definition) is 6. The van der Waals surface area contributed by atoms with Crippen molar-refractivity contribution in [3.05, 3.63) is 23.8 Å². The quantitative estimate of drug-likeness (QED) is 0.901. The van der Waals surface area contributed by atoms with Crippen LogP contribution in [0.25, 0.3) is 10.2 Å². The predicted octanol–water partition coefficient (Wildman–Crippen LogP) is 1.27. The normalized spacial score (nSPS) is 15.7. The average molecular weight is 348 g/mol. The van der Waals surface area contributed by atoms with Crippen LogP contribution in [0.15, 0.2) is 18.2 Å². The number of carbonyl (C=O) groups excluding carboxylic acids is 2. The first-order chi connectivity index (χ1) is 11.6. The van der Waals surface area contributed by atoms with E-state index in [0.717, 1.165) is 36.4 Å². The summed E-state index contributed by atoms with van der Waals surface area (Å²) in [6, 6.07) is 5.46. The number of anilines is 1. The second-order valence-electron chi connectivity index (χ2n) is 5.78. The van der Waals surface area contributed by atoms with Crippen molar-refractivity contribution in [1.29, 1.82) is 0 Å². The van der Waals surface area contributed by atoms with Crippen molar-refractivity contribution >= 4 is 38.5 Å². The number of fused-ring (bicyclic) bond motifs is 1. The van der Waals surface area contributed by atoms with Gasteiger partial charge >= 0.3 is 0 Å². The zero-order valence-electron chi connectivity index (χ0n) is 13.7. The Bertz CT molecular complexity index is 753. The van der Waals surface area contributed by atoms with Crippen LogP contribution in [-0.2, 0) is 9.53 Å². The predicted molar refractivity (Wildman–Crippen MR) is 93.5 cm³/mol. The number of rotatable bonds is 4. The fourth-order valence-electron chi connectivity index (χ4n) is 2.59. The molecule has 7 nitrogen and oxygen atoms in total. The lowest BCUT2D eigenvalue weighted by Crippen LogP contribution is -2.47. The maximum Gasteiger partial charge on any atom is 0.253 e. The Morgan fingerprint density at radius 1 is 1.29 bits per heavy atom. The molecule has 1 aliphatic heterocycles. The first-order valence-corrected chi connectivity index (χ1v) is 8.55. The van der Waals surface area contributed by atoms with Crippen molar-refractivity contribution < 1.29 is 14.3 Å². The number of amides is 2. The minimum Gasteiger partial charge on any atom is -0.375 e. The largest absolute Gasteiger partial charge is 0.375 e. The Labute approximate surface area is 144 Å². The molecule has 24 heavy (non-hydrogen) atoms. The SMILES string of the molecule is COCC(=O)Nc1nc2ccc(C(=O)N3CCN(C)CC3)cc2s1. The van der Waals surface area contributed by atoms with Crippen LogP contribution in [0.4, 0.5) is 5.13 Å². The molecule has 1 aliphatic rings. The van der Waals surface area contributed by atoms with E-state index in [4.69, 9.17) is 4.74 Å². The summed E-state index contributed by atoms with van der Waals surface area (Å²) in [7, 11) is 3.53. The lowest BCUT2D eigenvalue weighted by molar-refractivity contribution is -0.119. The minimum absolute atomic E-state index is 0.0108. The number of methoxy groups -OCH3 is 1. The number of nitrogens with zero attached hydrogens (tertiary/aromatic N) is 3. The van der Waals surface area contributed by atoms with Gasteiger partial charge in [0.2, 0.25) is 0 Å². The summed E-state index contributed by atoms with van der Waals surface area (Å²) in [4.78, 5) is 32.6. The molecule has 8 heteroatoms. The van der Waals surface area contributed by atoms with Gasteiger partial charge in [-0.25, -0.2) is 4.98 Å². The second kappa shape index (κ2) is 7.25. The summed E-state index contributed by atoms with van der Waals surface area (Å²) in [5.74, 6) is -0.200. The van der Waals surface area contributed by atoms with E-state index in [1.165, 1.54) is 18.4 Å². The van der Waals surface area contributed by atoms with Crippen LogP contribution in [0.5, 0.6) is 0 Å². The van der Waals surface area contributed by atoms with Gasteiger partial charge in [-0.3, -0.25) is 14.9 Å². The monoisotopic (exact) mass is 348 g/mol. The van der Waals surface area contributed by atoms with Crippen molar-refractivity contribution in [3.63, 3.8) is 0 Å². The summed E-state index contributed by atoms with van der Waals surface area (Å²) < 4.78 is 5.66. The molecule has 0 bridgehead atoms. The average Bonchev–Trinajstić information content (AvgIpc) is 2.96. The molecule has 0 aliphatic carbocycles. The van der Waals surface area contributed by atoms with Gasteiger partial charge in [-0.2, -0.15) is 0 Å². The van der Waals surface area contributed by atoms with Crippen LogP contribution in [-0.4, -0.2) is 73.5 Å². The number of piperazine rings is 1. The van der Waals surface area contributed by atoms with Crippen LogP contribution >= 0.6 is 11.3 Å². The van der Waals surface area contributed by atoms with Gasteiger partial charge in [0, 0.05) is 38.9 Å². The summed E-state index contributed by atoms with van der Waals surface area (Å²) in [6.45, 7) is 3.26. The third-order valence-electron chi connectivity index (χ3n) is 3.95. The molecular formula is C16H20N4O3S. The van der Waals surface area contributed by atoms with Crippen molar-refractivity contribution in [1.82, 2.24) is 14.8 Å². The van der Waals surface area contributed by atoms with Crippen LogP contribution in [0.2, 0.25) is 0 Å². The van der Waals surface area contributed by atoms with Crippen LogP contribution in [0.3, 0.4) is 0 Å². The highest BCUT2D eigenvalue weighted by molar-refractivity contribution is 7.22. The Kier molecular flexibility index (Phi) is 5.08. The van der Waals surface area contributed by atoms with E-state index < -0.39 is 0 Å². The molecule has 3 rings (SSSR count). The Balaban J connectivity index is 1.75. The Hall–Kier alpha value is -2.03. The number of hydrogen-bond donors (Lipinski definition) is 1. The first-order valence-electron chi connectivity index (χ1n) is 7.74. The molecule has 0 saturated carbocycles. The number of likely N-dealkylation sites (N-methyl/N-ethyl adjacent to an activating group) is 1. The number of carbonyl (C=O) groups is 2. The molecule has 1 fully saturated rings. The summed E-state index contributed by atoms with van der Waals surface area (Å²) in [5, 5.41) is 3.20. The third kappa shape index (κ3) is 3.72. The Morgan fingerprint density at radius 2 is 2.04 bits per heavy atom. The minimum atomic E-state index is -0.245. The highest BCUT2D eigenvalue weighted by Gasteiger charge is 2.21. The molecule has 0 unspecified atom stereocenters. The fourth-order valence-corrected chi connectivity index (χ4v) is 3.51. The van der Waals surface area contributed by atoms with E-state index in [-0.39, 0.29) is 18.4 Å². The number of thiazole rings is 1. The zero-order valence-corrected chi connectivity index (χ0v) is 14.6. The lowest BCUT2D eigenvalue weighted by Gasteiger charge is -2.32. The molecule has 1 saturated heterocycles. The van der Waals surface area contributed by atoms with Gasteiger partial charge in [-0.15, -0.1) is 0 Å². The van der Waals surface area contributed by atoms with E-state index in [1.807, 2.05) is 17.0 Å². The highest BCUT2D eigenvalue weighted by Crippen LogP contribution is 2.27. The lowest BCUT2D eigenvalue weighted by atomic mass is 10.1. The number of aromatic nitrogens is 1. The summed E-state index contributed by atoms with van der Waals surface area (Å²) >= 11 is 1.35. The molecule has 0 radical (unpaired) electrons. The molecule has 0 atom stereocenters. The second-order valence-corrected chi connectivity index (χ2v) is 6.81. The van der Waals surface area contributed by atoms with Gasteiger partial charge in [0.15, 0.2) is 5.13 Å².